The molecule has 1 aliphatic carbocycles. The van der Waals surface area contributed by atoms with Gasteiger partial charge in [0.25, 0.3) is 0 Å². The van der Waals surface area contributed by atoms with Gasteiger partial charge in [-0.1, -0.05) is 0 Å². The number of nitrogens with zero attached hydrogens (tertiary/aromatic N) is 5. The lowest BCUT2D eigenvalue weighted by molar-refractivity contribution is 0.0651. The van der Waals surface area contributed by atoms with Crippen molar-refractivity contribution < 1.29 is 4.74 Å². The molecule has 0 amide bonds. The first-order valence-corrected chi connectivity index (χ1v) is 9.93. The van der Waals surface area contributed by atoms with Gasteiger partial charge in [-0.3, -0.25) is 9.78 Å². The highest BCUT2D eigenvalue weighted by Gasteiger charge is 2.27. The number of hydrogen-bond acceptors (Lipinski definition) is 6. The van der Waals surface area contributed by atoms with Crippen LogP contribution >= 0.6 is 0 Å². The van der Waals surface area contributed by atoms with E-state index in [1.165, 1.54) is 0 Å². The van der Waals surface area contributed by atoms with Crippen LogP contribution < -0.4 is 5.32 Å². The van der Waals surface area contributed by atoms with Crippen molar-refractivity contribution in [2.45, 2.75) is 49.9 Å². The molecule has 3 aromatic heterocycles. The molecule has 3 heterocycles. The van der Waals surface area contributed by atoms with Gasteiger partial charge in [0.05, 0.1) is 17.7 Å². The van der Waals surface area contributed by atoms with Crippen molar-refractivity contribution in [2.24, 2.45) is 0 Å². The minimum absolute atomic E-state index is 0.165. The zero-order valence-electron chi connectivity index (χ0n) is 17.3. The Morgan fingerprint density at radius 3 is 2.57 bits per heavy atom. The Morgan fingerprint density at radius 1 is 1.21 bits per heavy atom. The van der Waals surface area contributed by atoms with E-state index in [0.717, 1.165) is 59.9 Å². The highest BCUT2D eigenvalue weighted by Crippen LogP contribution is 2.34. The quantitative estimate of drug-likeness (QED) is 0.596. The SMILES string of the molecule is BC(B)(B)n1ncc2c(Nc3cc(C)[nH]n3)nc([C@H]3CC[C@@H](OC)CC3)nc21. The summed E-state index contributed by atoms with van der Waals surface area (Å²) in [5, 5.41) is 16.0. The molecule has 3 aromatic rings. The number of hydrogen-bond donors (Lipinski definition) is 2. The number of ether oxygens (including phenoxy) is 1. The van der Waals surface area contributed by atoms with Gasteiger partial charge in [0, 0.05) is 24.8 Å². The minimum atomic E-state index is -0.165. The van der Waals surface area contributed by atoms with E-state index in [-0.39, 0.29) is 5.24 Å². The highest BCUT2D eigenvalue weighted by atomic mass is 16.5. The summed E-state index contributed by atoms with van der Waals surface area (Å²) in [6.45, 7) is 1.98. The van der Waals surface area contributed by atoms with E-state index >= 15 is 0 Å². The van der Waals surface area contributed by atoms with Gasteiger partial charge in [-0.05, 0) is 37.8 Å². The van der Waals surface area contributed by atoms with Crippen molar-refractivity contribution in [2.75, 3.05) is 12.4 Å². The van der Waals surface area contributed by atoms with Gasteiger partial charge in [0.1, 0.15) is 35.2 Å². The first-order chi connectivity index (χ1) is 13.3. The molecule has 0 bridgehead atoms. The molecule has 1 saturated carbocycles. The number of aromatic amines is 1. The Balaban J connectivity index is 1.76. The Kier molecular flexibility index (Phi) is 4.95. The fourth-order valence-electron chi connectivity index (χ4n) is 3.85. The van der Waals surface area contributed by atoms with Crippen LogP contribution in [0.4, 0.5) is 11.6 Å². The number of aryl methyl sites for hydroxylation is 1. The summed E-state index contributed by atoms with van der Waals surface area (Å²) in [5.41, 5.74) is 1.86. The molecule has 1 fully saturated rings. The van der Waals surface area contributed by atoms with Crippen molar-refractivity contribution in [1.29, 1.82) is 0 Å². The predicted molar refractivity (Wildman–Crippen MR) is 118 cm³/mol. The molecule has 8 nitrogen and oxygen atoms in total. The lowest BCUT2D eigenvalue weighted by Crippen LogP contribution is -2.36. The van der Waals surface area contributed by atoms with Gasteiger partial charge >= 0.3 is 0 Å². The van der Waals surface area contributed by atoms with Crippen molar-refractivity contribution in [1.82, 2.24) is 29.9 Å². The lowest BCUT2D eigenvalue weighted by atomic mass is 9.49. The smallest absolute Gasteiger partial charge is 0.162 e. The molecule has 0 spiro atoms. The third-order valence-corrected chi connectivity index (χ3v) is 5.41. The fraction of sp³-hybridized carbons (Fsp3) is 0.529. The number of anilines is 2. The van der Waals surface area contributed by atoms with E-state index in [2.05, 4.69) is 44.2 Å². The van der Waals surface area contributed by atoms with Gasteiger partial charge in [-0.2, -0.15) is 10.2 Å². The van der Waals surface area contributed by atoms with Crippen LogP contribution in [0.15, 0.2) is 12.3 Å². The Bertz CT molecular complexity index is 973. The minimum Gasteiger partial charge on any atom is -0.381 e. The maximum atomic E-state index is 5.52. The second kappa shape index (κ2) is 7.27. The zero-order valence-corrected chi connectivity index (χ0v) is 17.3. The Hall–Kier alpha value is -2.29. The van der Waals surface area contributed by atoms with Crippen molar-refractivity contribution in [3.05, 3.63) is 23.8 Å². The van der Waals surface area contributed by atoms with E-state index < -0.39 is 0 Å². The standard InChI is InChI=1S/C17H26B3N7O/c1-9-7-13(26-25-9)22-15-12-8-21-27(17(18,19)20)16(12)24-14(23-15)10-3-5-11(28-2)6-4-10/h7-8,10-11H,3-6,18-20H2,1-2H3,(H2,22,23,24,25,26)/t10-,11+. The fourth-order valence-corrected chi connectivity index (χ4v) is 3.85. The summed E-state index contributed by atoms with van der Waals surface area (Å²) < 4.78 is 7.50. The zero-order chi connectivity index (χ0) is 19.9. The summed E-state index contributed by atoms with van der Waals surface area (Å²) in [6.07, 6.45) is 6.35. The summed E-state index contributed by atoms with van der Waals surface area (Å²) in [4.78, 5) is 9.87. The van der Waals surface area contributed by atoms with Gasteiger partial charge in [0.15, 0.2) is 11.5 Å². The molecule has 0 radical (unpaired) electrons. The van der Waals surface area contributed by atoms with Crippen molar-refractivity contribution >= 4 is 46.2 Å². The van der Waals surface area contributed by atoms with Gasteiger partial charge in [-0.25, -0.2) is 9.97 Å². The molecule has 28 heavy (non-hydrogen) atoms. The number of rotatable bonds is 5. The van der Waals surface area contributed by atoms with Crippen LogP contribution in [0.1, 0.15) is 43.1 Å². The van der Waals surface area contributed by atoms with Gasteiger partial charge in [0.2, 0.25) is 0 Å². The average Bonchev–Trinajstić information content (AvgIpc) is 3.27. The van der Waals surface area contributed by atoms with Crippen LogP contribution in [-0.2, 0) is 9.97 Å². The molecule has 0 atom stereocenters. The second-order valence-electron chi connectivity index (χ2n) is 8.67. The van der Waals surface area contributed by atoms with Crippen molar-refractivity contribution in [3.8, 4) is 0 Å². The number of nitrogens with one attached hydrogen (secondary N) is 2. The summed E-state index contributed by atoms with van der Waals surface area (Å²) >= 11 is 0. The van der Waals surface area contributed by atoms with Crippen molar-refractivity contribution in [3.63, 3.8) is 0 Å². The lowest BCUT2D eigenvalue weighted by Gasteiger charge is -2.27. The third-order valence-electron chi connectivity index (χ3n) is 5.41. The summed E-state index contributed by atoms with van der Waals surface area (Å²) in [6, 6.07) is 1.96. The first kappa shape index (κ1) is 19.0. The summed E-state index contributed by atoms with van der Waals surface area (Å²) in [7, 11) is 8.20. The Labute approximate surface area is 167 Å². The van der Waals surface area contributed by atoms with Crippen LogP contribution in [0.25, 0.3) is 11.0 Å². The molecule has 0 unspecified atom stereocenters. The maximum absolute atomic E-state index is 5.52. The molecule has 11 heteroatoms. The highest BCUT2D eigenvalue weighted by molar-refractivity contribution is 6.56. The van der Waals surface area contributed by atoms with Gasteiger partial charge < -0.3 is 10.1 Å². The van der Waals surface area contributed by atoms with Gasteiger partial charge in [-0.15, -0.1) is 0 Å². The number of aromatic nitrogens is 6. The second-order valence-corrected chi connectivity index (χ2v) is 8.67. The average molecular weight is 377 g/mol. The molecular formula is C17H26B3N7O. The summed E-state index contributed by atoms with van der Waals surface area (Å²) in [5.74, 6) is 2.72. The molecule has 0 saturated heterocycles. The van der Waals surface area contributed by atoms with Crippen LogP contribution in [0, 0.1) is 6.92 Å². The molecule has 0 aliphatic heterocycles. The van der Waals surface area contributed by atoms with E-state index in [9.17, 15) is 0 Å². The Morgan fingerprint density at radius 2 is 1.96 bits per heavy atom. The topological polar surface area (TPSA) is 93.5 Å². The first-order valence-electron chi connectivity index (χ1n) is 9.93. The maximum Gasteiger partial charge on any atom is 0.162 e. The molecule has 4 rings (SSSR count). The number of H-pyrrole nitrogens is 1. The molecule has 2 N–H and O–H groups in total. The molecular weight excluding hydrogens is 351 g/mol. The van der Waals surface area contributed by atoms with Crippen LogP contribution in [-0.4, -0.2) is 66.7 Å². The largest absolute Gasteiger partial charge is 0.381 e. The number of fused-ring (bicyclic) bond motifs is 1. The van der Waals surface area contributed by atoms with E-state index in [1.807, 2.05) is 23.9 Å². The molecule has 0 aromatic carbocycles. The van der Waals surface area contributed by atoms with Crippen LogP contribution in [0.3, 0.4) is 0 Å². The van der Waals surface area contributed by atoms with E-state index in [1.54, 1.807) is 7.11 Å². The number of methoxy groups -OCH3 is 1. The molecule has 1 aliphatic rings. The van der Waals surface area contributed by atoms with Crippen LogP contribution in [0.5, 0.6) is 0 Å². The predicted octanol–water partition coefficient (Wildman–Crippen LogP) is -0.259. The van der Waals surface area contributed by atoms with Crippen LogP contribution in [0.2, 0.25) is 0 Å². The monoisotopic (exact) mass is 377 g/mol. The third kappa shape index (κ3) is 3.67. The molecule has 144 valence electrons. The van der Waals surface area contributed by atoms with E-state index in [4.69, 9.17) is 14.7 Å². The normalized spacial score (nSPS) is 20.5. The van der Waals surface area contributed by atoms with E-state index in [0.29, 0.717) is 12.0 Å².